The van der Waals surface area contributed by atoms with Gasteiger partial charge >= 0.3 is 0 Å². The zero-order valence-corrected chi connectivity index (χ0v) is 8.77. The Bertz CT molecular complexity index is 457. The Morgan fingerprint density at radius 1 is 1.19 bits per heavy atom. The van der Waals surface area contributed by atoms with Gasteiger partial charge in [0.2, 0.25) is 0 Å². The fourth-order valence-electron chi connectivity index (χ4n) is 1.81. The molecule has 2 rings (SSSR count). The first-order valence-corrected chi connectivity index (χ1v) is 5.11. The van der Waals surface area contributed by atoms with Crippen LogP contribution in [0.3, 0.4) is 0 Å². The summed E-state index contributed by atoms with van der Waals surface area (Å²) < 4.78 is 0. The highest BCUT2D eigenvalue weighted by Crippen LogP contribution is 2.27. The van der Waals surface area contributed by atoms with E-state index in [1.807, 2.05) is 0 Å². The monoisotopic (exact) mass is 219 g/mol. The van der Waals surface area contributed by atoms with Crippen molar-refractivity contribution >= 4 is 17.5 Å². The van der Waals surface area contributed by atoms with Gasteiger partial charge in [0.25, 0.3) is 11.8 Å². The molecular formula is C11H13N3O2. The first-order chi connectivity index (χ1) is 7.66. The van der Waals surface area contributed by atoms with Gasteiger partial charge in [-0.3, -0.25) is 14.5 Å². The van der Waals surface area contributed by atoms with Gasteiger partial charge in [-0.2, -0.15) is 0 Å². The number of amides is 2. The quantitative estimate of drug-likeness (QED) is 0.562. The molecule has 0 spiro atoms. The van der Waals surface area contributed by atoms with Crippen molar-refractivity contribution < 1.29 is 9.59 Å². The molecule has 0 unspecified atom stereocenters. The first kappa shape index (κ1) is 10.6. The maximum absolute atomic E-state index is 11.9. The second-order valence-electron chi connectivity index (χ2n) is 3.67. The molecule has 16 heavy (non-hydrogen) atoms. The van der Waals surface area contributed by atoms with Gasteiger partial charge in [-0.25, -0.2) is 0 Å². The second kappa shape index (κ2) is 3.94. The third kappa shape index (κ3) is 1.45. The number of carbonyl (C=O) groups excluding carboxylic acids is 2. The standard InChI is InChI=1S/C11H13N3O2/c12-5-2-6-14-10(15)7-3-1-4-8(13)9(7)11(14)16/h1,3-4H,2,5-6,12-13H2. The molecule has 0 saturated carbocycles. The van der Waals surface area contributed by atoms with Crippen molar-refractivity contribution in [2.45, 2.75) is 6.42 Å². The maximum atomic E-state index is 11.9. The Kier molecular flexibility index (Phi) is 2.62. The number of hydrogen-bond acceptors (Lipinski definition) is 4. The zero-order valence-electron chi connectivity index (χ0n) is 8.77. The molecule has 0 radical (unpaired) electrons. The summed E-state index contributed by atoms with van der Waals surface area (Å²) in [6.45, 7) is 0.797. The van der Waals surface area contributed by atoms with E-state index in [-0.39, 0.29) is 11.8 Å². The SMILES string of the molecule is NCCCN1C(=O)c2cccc(N)c2C1=O. The molecule has 84 valence electrons. The molecule has 0 fully saturated rings. The van der Waals surface area contributed by atoms with Crippen LogP contribution >= 0.6 is 0 Å². The average molecular weight is 219 g/mol. The Labute approximate surface area is 93.0 Å². The number of nitrogen functional groups attached to an aromatic ring is 1. The lowest BCUT2D eigenvalue weighted by molar-refractivity contribution is 0.0654. The predicted octanol–water partition coefficient (Wildman–Crippen LogP) is 0.214. The molecule has 1 aromatic carbocycles. The zero-order chi connectivity index (χ0) is 11.7. The van der Waals surface area contributed by atoms with Crippen molar-refractivity contribution in [2.75, 3.05) is 18.8 Å². The van der Waals surface area contributed by atoms with Crippen molar-refractivity contribution in [1.82, 2.24) is 4.90 Å². The van der Waals surface area contributed by atoms with Crippen molar-refractivity contribution in [3.05, 3.63) is 29.3 Å². The molecule has 0 saturated heterocycles. The van der Waals surface area contributed by atoms with Crippen LogP contribution in [0.25, 0.3) is 0 Å². The van der Waals surface area contributed by atoms with Crippen LogP contribution in [0.2, 0.25) is 0 Å². The summed E-state index contributed by atoms with van der Waals surface area (Å²) in [5.41, 5.74) is 12.1. The molecule has 0 bridgehead atoms. The van der Waals surface area contributed by atoms with E-state index in [4.69, 9.17) is 11.5 Å². The molecule has 0 atom stereocenters. The van der Waals surface area contributed by atoms with E-state index in [2.05, 4.69) is 0 Å². The van der Waals surface area contributed by atoms with Crippen LogP contribution in [0, 0.1) is 0 Å². The number of anilines is 1. The number of hydrogen-bond donors (Lipinski definition) is 2. The smallest absolute Gasteiger partial charge is 0.263 e. The van der Waals surface area contributed by atoms with Gasteiger partial charge in [-0.15, -0.1) is 0 Å². The third-order valence-electron chi connectivity index (χ3n) is 2.62. The van der Waals surface area contributed by atoms with Crippen LogP contribution in [0.4, 0.5) is 5.69 Å². The number of carbonyl (C=O) groups is 2. The normalized spacial score (nSPS) is 14.4. The van der Waals surface area contributed by atoms with E-state index in [1.54, 1.807) is 18.2 Å². The molecule has 0 aromatic heterocycles. The maximum Gasteiger partial charge on any atom is 0.263 e. The van der Waals surface area contributed by atoms with Crippen molar-refractivity contribution in [3.8, 4) is 0 Å². The Morgan fingerprint density at radius 3 is 2.56 bits per heavy atom. The summed E-state index contributed by atoms with van der Waals surface area (Å²) >= 11 is 0. The number of imide groups is 1. The molecule has 4 N–H and O–H groups in total. The van der Waals surface area contributed by atoms with Crippen molar-refractivity contribution in [1.29, 1.82) is 0 Å². The predicted molar refractivity (Wildman–Crippen MR) is 59.9 cm³/mol. The molecule has 0 aliphatic carbocycles. The minimum Gasteiger partial charge on any atom is -0.398 e. The summed E-state index contributed by atoms with van der Waals surface area (Å²) in [5.74, 6) is -0.590. The molecule has 2 amide bonds. The van der Waals surface area contributed by atoms with Crippen molar-refractivity contribution in [3.63, 3.8) is 0 Å². The lowest BCUT2D eigenvalue weighted by atomic mass is 10.1. The lowest BCUT2D eigenvalue weighted by Crippen LogP contribution is -2.31. The number of nitrogens with zero attached hydrogens (tertiary/aromatic N) is 1. The van der Waals surface area contributed by atoms with Crippen LogP contribution in [-0.4, -0.2) is 29.8 Å². The highest BCUT2D eigenvalue weighted by Gasteiger charge is 2.36. The van der Waals surface area contributed by atoms with E-state index in [0.717, 1.165) is 0 Å². The van der Waals surface area contributed by atoms with E-state index < -0.39 is 0 Å². The molecular weight excluding hydrogens is 206 g/mol. The van der Waals surface area contributed by atoms with Gasteiger partial charge in [0, 0.05) is 12.2 Å². The second-order valence-corrected chi connectivity index (χ2v) is 3.67. The highest BCUT2D eigenvalue weighted by molar-refractivity contribution is 6.23. The average Bonchev–Trinajstić information content (AvgIpc) is 2.51. The van der Waals surface area contributed by atoms with E-state index in [0.29, 0.717) is 36.3 Å². The number of rotatable bonds is 3. The molecule has 1 heterocycles. The van der Waals surface area contributed by atoms with Crippen LogP contribution in [0.1, 0.15) is 27.1 Å². The minimum absolute atomic E-state index is 0.277. The fraction of sp³-hybridized carbons (Fsp3) is 0.273. The Hall–Kier alpha value is -1.88. The summed E-state index contributed by atoms with van der Waals surface area (Å²) in [6, 6.07) is 4.91. The first-order valence-electron chi connectivity index (χ1n) is 5.11. The topological polar surface area (TPSA) is 89.4 Å². The Balaban J connectivity index is 2.37. The van der Waals surface area contributed by atoms with Crippen molar-refractivity contribution in [2.24, 2.45) is 5.73 Å². The number of fused-ring (bicyclic) bond motifs is 1. The summed E-state index contributed by atoms with van der Waals surface area (Å²) in [5, 5.41) is 0. The van der Waals surface area contributed by atoms with Gasteiger partial charge < -0.3 is 11.5 Å². The van der Waals surface area contributed by atoms with Crippen LogP contribution in [-0.2, 0) is 0 Å². The molecule has 1 aliphatic rings. The Morgan fingerprint density at radius 2 is 1.94 bits per heavy atom. The molecule has 1 aliphatic heterocycles. The third-order valence-corrected chi connectivity index (χ3v) is 2.62. The van der Waals surface area contributed by atoms with E-state index in [1.165, 1.54) is 4.90 Å². The number of benzene rings is 1. The largest absolute Gasteiger partial charge is 0.398 e. The van der Waals surface area contributed by atoms with Gasteiger partial charge in [0.1, 0.15) is 0 Å². The summed E-state index contributed by atoms with van der Waals surface area (Å²) in [6.07, 6.45) is 0.603. The lowest BCUT2D eigenvalue weighted by Gasteiger charge is -2.12. The molecule has 5 nitrogen and oxygen atoms in total. The summed E-state index contributed by atoms with van der Waals surface area (Å²) in [4.78, 5) is 25.0. The van der Waals surface area contributed by atoms with Crippen LogP contribution in [0.15, 0.2) is 18.2 Å². The van der Waals surface area contributed by atoms with Gasteiger partial charge in [0.15, 0.2) is 0 Å². The summed E-state index contributed by atoms with van der Waals surface area (Å²) in [7, 11) is 0. The molecule has 1 aromatic rings. The van der Waals surface area contributed by atoms with Crippen LogP contribution in [0.5, 0.6) is 0 Å². The van der Waals surface area contributed by atoms with Crippen LogP contribution < -0.4 is 11.5 Å². The van der Waals surface area contributed by atoms with Gasteiger partial charge in [0.05, 0.1) is 11.1 Å². The molecule has 5 heteroatoms. The van der Waals surface area contributed by atoms with E-state index in [9.17, 15) is 9.59 Å². The fourth-order valence-corrected chi connectivity index (χ4v) is 1.81. The van der Waals surface area contributed by atoms with Gasteiger partial charge in [-0.1, -0.05) is 6.07 Å². The minimum atomic E-state index is -0.313. The van der Waals surface area contributed by atoms with E-state index >= 15 is 0 Å². The van der Waals surface area contributed by atoms with Gasteiger partial charge in [-0.05, 0) is 25.1 Å². The number of nitrogens with two attached hydrogens (primary N) is 2. The highest BCUT2D eigenvalue weighted by atomic mass is 16.2.